The molecule has 0 saturated heterocycles. The molecule has 0 aliphatic rings. The zero-order valence-corrected chi connectivity index (χ0v) is 7.99. The van der Waals surface area contributed by atoms with Crippen molar-refractivity contribution in [3.63, 3.8) is 0 Å². The van der Waals surface area contributed by atoms with Crippen LogP contribution in [0.2, 0.25) is 0 Å². The summed E-state index contributed by atoms with van der Waals surface area (Å²) in [6.07, 6.45) is 1.48. The van der Waals surface area contributed by atoms with Crippen molar-refractivity contribution in [1.82, 2.24) is 4.98 Å². The second kappa shape index (κ2) is 3.67. The van der Waals surface area contributed by atoms with E-state index in [1.165, 1.54) is 19.2 Å². The van der Waals surface area contributed by atoms with Crippen LogP contribution in [0, 0.1) is 0 Å². The molecular weight excluding hydrogens is 195 g/mol. The molecule has 1 heterocycles. The van der Waals surface area contributed by atoms with Gasteiger partial charge in [-0.05, 0) is 40.7 Å². The highest BCUT2D eigenvalue weighted by Crippen LogP contribution is 2.24. The zero-order valence-electron chi connectivity index (χ0n) is 6.42. The van der Waals surface area contributed by atoms with Gasteiger partial charge in [0.05, 0.1) is 5.69 Å². The highest BCUT2D eigenvalue weighted by Gasteiger charge is 2.19. The molecule has 1 unspecified atom stereocenters. The van der Waals surface area contributed by atoms with Gasteiger partial charge in [0.25, 0.3) is 0 Å². The molecule has 1 atom stereocenters. The third-order valence-electron chi connectivity index (χ3n) is 1.33. The normalized spacial score (nSPS) is 15.6. The van der Waals surface area contributed by atoms with E-state index in [4.69, 9.17) is 18.5 Å². The Morgan fingerprint density at radius 2 is 2.33 bits per heavy atom. The second-order valence-corrected chi connectivity index (χ2v) is 3.62. The van der Waals surface area contributed by atoms with E-state index in [-0.39, 0.29) is 5.69 Å². The minimum absolute atomic E-state index is 0.206. The van der Waals surface area contributed by atoms with Gasteiger partial charge in [0.15, 0.2) is 0 Å². The van der Waals surface area contributed by atoms with Gasteiger partial charge in [-0.25, -0.2) is 4.39 Å². The highest BCUT2D eigenvalue weighted by atomic mass is 35.7. The van der Waals surface area contributed by atoms with Crippen LogP contribution in [-0.4, -0.2) is 12.8 Å². The molecule has 62 valence electrons. The molecule has 0 bridgehead atoms. The summed E-state index contributed by atoms with van der Waals surface area (Å²) < 4.78 is 13.0. The van der Waals surface area contributed by atoms with Gasteiger partial charge in [0, 0.05) is 11.1 Å². The number of hydrogen-bond acceptors (Lipinski definition) is 2. The molecule has 0 aliphatic carbocycles. The van der Waals surface area contributed by atoms with Gasteiger partial charge in [-0.15, -0.1) is 0 Å². The van der Waals surface area contributed by atoms with Gasteiger partial charge in [0.2, 0.25) is 0 Å². The average molecular weight is 201 g/mol. The Bertz CT molecular complexity index is 259. The summed E-state index contributed by atoms with van der Waals surface area (Å²) in [5, 5.41) is 0. The monoisotopic (exact) mass is 201 g/mol. The minimum atomic E-state index is -1.88. The molecule has 5 heteroatoms. The highest BCUT2D eigenvalue weighted by molar-refractivity contribution is 8.21. The zero-order chi connectivity index (χ0) is 9.19. The van der Waals surface area contributed by atoms with Crippen LogP contribution < -0.4 is 0 Å². The first-order chi connectivity index (χ1) is 5.54. The van der Waals surface area contributed by atoms with E-state index in [1.54, 1.807) is 6.07 Å². The molecule has 1 rings (SSSR count). The fourth-order valence-electron chi connectivity index (χ4n) is 0.715. The Balaban J connectivity index is 2.93. The van der Waals surface area contributed by atoms with Gasteiger partial charge in [-0.2, -0.15) is 0 Å². The maximum absolute atomic E-state index is 13.0. The molecule has 0 aliphatic heterocycles. The molecule has 1 aromatic heterocycles. The number of pyridine rings is 1. The third kappa shape index (κ3) is 2.39. The fourth-order valence-corrected chi connectivity index (χ4v) is 1.20. The van der Waals surface area contributed by atoms with E-state index in [2.05, 4.69) is 4.98 Å². The largest absolute Gasteiger partial charge is 0.258 e. The molecule has 2 radical (unpaired) electrons. The van der Waals surface area contributed by atoms with E-state index < -0.39 is 5.57 Å². The molecule has 1 nitrogen and oxygen atoms in total. The van der Waals surface area contributed by atoms with Crippen LogP contribution in [0.4, 0.5) is 4.39 Å². The van der Waals surface area contributed by atoms with Crippen LogP contribution in [-0.2, 0) is 5.57 Å². The van der Waals surface area contributed by atoms with Gasteiger partial charge >= 0.3 is 0 Å². The van der Waals surface area contributed by atoms with Crippen molar-refractivity contribution in [1.29, 1.82) is 0 Å². The fraction of sp³-hybridized carbons (Fsp3) is 0.286. The van der Waals surface area contributed by atoms with E-state index >= 15 is 0 Å². The number of hydrogen-bond donors (Lipinski definition) is 0. The number of alkyl halides is 1. The number of aromatic nitrogens is 1. The lowest BCUT2D eigenvalue weighted by Gasteiger charge is -2.13. The molecule has 0 aromatic carbocycles. The first-order valence-electron chi connectivity index (χ1n) is 3.27. The number of nitrogens with zero attached hydrogens (tertiary/aromatic N) is 1. The molecule has 0 spiro atoms. The van der Waals surface area contributed by atoms with Gasteiger partial charge in [0.1, 0.15) is 13.4 Å². The van der Waals surface area contributed by atoms with E-state index in [9.17, 15) is 4.39 Å². The lowest BCUT2D eigenvalue weighted by molar-refractivity contribution is 0.305. The van der Waals surface area contributed by atoms with Crippen molar-refractivity contribution in [2.75, 3.05) is 0 Å². The standard InChI is InChI=1S/C7H6BClFNS/c1-7(8,10)6-3-2-5(12-9)4-11-6/h2-4H,1H3. The van der Waals surface area contributed by atoms with Crippen LogP contribution in [0.25, 0.3) is 0 Å². The first-order valence-corrected chi connectivity index (χ1v) is 4.91. The van der Waals surface area contributed by atoms with Crippen LogP contribution in [0.15, 0.2) is 23.2 Å². The Kier molecular flexibility index (Phi) is 3.01. The smallest absolute Gasteiger partial charge is 0.129 e. The van der Waals surface area contributed by atoms with Crippen molar-refractivity contribution < 1.29 is 4.39 Å². The second-order valence-electron chi connectivity index (χ2n) is 2.53. The van der Waals surface area contributed by atoms with Gasteiger partial charge in [-0.1, -0.05) is 0 Å². The van der Waals surface area contributed by atoms with Crippen molar-refractivity contribution in [3.8, 4) is 0 Å². The Labute approximate surface area is 80.6 Å². The van der Waals surface area contributed by atoms with Crippen LogP contribution in [0.5, 0.6) is 0 Å². The van der Waals surface area contributed by atoms with Crippen molar-refractivity contribution in [2.45, 2.75) is 17.4 Å². The van der Waals surface area contributed by atoms with Crippen LogP contribution in [0.3, 0.4) is 0 Å². The number of rotatable bonds is 2. The lowest BCUT2D eigenvalue weighted by Crippen LogP contribution is -2.16. The van der Waals surface area contributed by atoms with E-state index in [1.807, 2.05) is 0 Å². The minimum Gasteiger partial charge on any atom is -0.258 e. The summed E-state index contributed by atoms with van der Waals surface area (Å²) in [5.41, 5.74) is -1.67. The first kappa shape index (κ1) is 9.87. The van der Waals surface area contributed by atoms with Crippen molar-refractivity contribution in [3.05, 3.63) is 24.0 Å². The predicted octanol–water partition coefficient (Wildman–Crippen LogP) is 2.64. The Morgan fingerprint density at radius 1 is 1.67 bits per heavy atom. The maximum atomic E-state index is 13.0. The summed E-state index contributed by atoms with van der Waals surface area (Å²) >= 11 is 0. The topological polar surface area (TPSA) is 12.9 Å². The Morgan fingerprint density at radius 3 is 2.67 bits per heavy atom. The predicted molar refractivity (Wildman–Crippen MR) is 50.2 cm³/mol. The molecular formula is C7H6BClFNS. The average Bonchev–Trinajstić information content (AvgIpc) is 2.03. The summed E-state index contributed by atoms with van der Waals surface area (Å²) in [4.78, 5) is 4.58. The summed E-state index contributed by atoms with van der Waals surface area (Å²) in [6.45, 7) is 1.25. The molecule has 1 aromatic rings. The molecule has 0 saturated carbocycles. The SMILES string of the molecule is [B]C(C)(F)c1ccc(SCl)cn1. The maximum Gasteiger partial charge on any atom is 0.129 e. The van der Waals surface area contributed by atoms with Crippen LogP contribution >= 0.6 is 21.7 Å². The summed E-state index contributed by atoms with van der Waals surface area (Å²) in [7, 11) is 11.7. The van der Waals surface area contributed by atoms with Crippen LogP contribution in [0.1, 0.15) is 12.6 Å². The molecule has 12 heavy (non-hydrogen) atoms. The number of halogens is 2. The summed E-state index contributed by atoms with van der Waals surface area (Å²) in [5.74, 6) is 0. The molecule has 0 amide bonds. The summed E-state index contributed by atoms with van der Waals surface area (Å²) in [6, 6.07) is 3.19. The van der Waals surface area contributed by atoms with Gasteiger partial charge in [-0.3, -0.25) is 4.98 Å². The third-order valence-corrected chi connectivity index (χ3v) is 2.28. The van der Waals surface area contributed by atoms with E-state index in [0.29, 0.717) is 0 Å². The van der Waals surface area contributed by atoms with Crippen molar-refractivity contribution in [2.24, 2.45) is 0 Å². The van der Waals surface area contributed by atoms with E-state index in [0.717, 1.165) is 15.9 Å². The Hall–Kier alpha value is -0.215. The molecule has 0 N–H and O–H groups in total. The van der Waals surface area contributed by atoms with Gasteiger partial charge < -0.3 is 0 Å². The molecule has 0 fully saturated rings. The lowest BCUT2D eigenvalue weighted by atomic mass is 9.82. The van der Waals surface area contributed by atoms with Crippen molar-refractivity contribution >= 4 is 29.5 Å². The quantitative estimate of drug-likeness (QED) is 0.682.